The van der Waals surface area contributed by atoms with E-state index in [9.17, 15) is 0 Å². The van der Waals surface area contributed by atoms with Gasteiger partial charge in [0.05, 0.1) is 0 Å². The summed E-state index contributed by atoms with van der Waals surface area (Å²) in [4.78, 5) is 14.1. The highest BCUT2D eigenvalue weighted by atomic mass is 15.3. The first kappa shape index (κ1) is 15.2. The minimum Gasteiger partial charge on any atom is -0.338 e. The maximum absolute atomic E-state index is 4.75. The fourth-order valence-corrected chi connectivity index (χ4v) is 2.58. The second-order valence-electron chi connectivity index (χ2n) is 6.74. The van der Waals surface area contributed by atoms with Crippen LogP contribution in [-0.4, -0.2) is 46.6 Å². The molecule has 4 nitrogen and oxygen atoms in total. The normalized spacial score (nSPS) is 19.1. The molecule has 1 saturated heterocycles. The van der Waals surface area contributed by atoms with Crippen LogP contribution in [0.5, 0.6) is 0 Å². The molecule has 0 saturated carbocycles. The minimum absolute atomic E-state index is 0.255. The van der Waals surface area contributed by atoms with Crippen molar-refractivity contribution in [1.82, 2.24) is 14.9 Å². The fourth-order valence-electron chi connectivity index (χ4n) is 2.58. The molecule has 4 heteroatoms. The smallest absolute Gasteiger partial charge is 0.225 e. The molecule has 1 aliphatic heterocycles. The van der Waals surface area contributed by atoms with Gasteiger partial charge >= 0.3 is 0 Å². The zero-order valence-corrected chi connectivity index (χ0v) is 13.6. The first-order valence-corrected chi connectivity index (χ1v) is 7.74. The summed E-state index contributed by atoms with van der Waals surface area (Å²) >= 11 is 0. The van der Waals surface area contributed by atoms with Gasteiger partial charge < -0.3 is 4.90 Å². The Morgan fingerprint density at radius 2 is 1.85 bits per heavy atom. The van der Waals surface area contributed by atoms with E-state index in [1.165, 1.54) is 0 Å². The highest BCUT2D eigenvalue weighted by Gasteiger charge is 2.26. The molecule has 0 aliphatic carbocycles. The van der Waals surface area contributed by atoms with E-state index in [2.05, 4.69) is 49.4 Å². The van der Waals surface area contributed by atoms with E-state index >= 15 is 0 Å². The second kappa shape index (κ2) is 6.08. The van der Waals surface area contributed by atoms with Crippen molar-refractivity contribution in [2.45, 2.75) is 52.5 Å². The first-order valence-electron chi connectivity index (χ1n) is 7.74. The van der Waals surface area contributed by atoms with Gasteiger partial charge in [0.15, 0.2) is 0 Å². The predicted molar refractivity (Wildman–Crippen MR) is 84.3 cm³/mol. The topological polar surface area (TPSA) is 32.3 Å². The predicted octanol–water partition coefficient (Wildman–Crippen LogP) is 2.91. The molecule has 0 amide bonds. The molecule has 1 atom stereocenters. The molecule has 2 heterocycles. The lowest BCUT2D eigenvalue weighted by molar-refractivity contribution is 0.128. The third-order valence-corrected chi connectivity index (χ3v) is 4.29. The maximum Gasteiger partial charge on any atom is 0.225 e. The lowest BCUT2D eigenvalue weighted by atomic mass is 10.0. The second-order valence-corrected chi connectivity index (χ2v) is 6.74. The van der Waals surface area contributed by atoms with Crippen LogP contribution in [0.4, 0.5) is 5.95 Å². The summed E-state index contributed by atoms with van der Waals surface area (Å²) in [5.41, 5.74) is 1.42. The zero-order valence-electron chi connectivity index (χ0n) is 13.6. The van der Waals surface area contributed by atoms with Crippen molar-refractivity contribution in [3.05, 3.63) is 18.0 Å². The molecular formula is C16H28N4. The summed E-state index contributed by atoms with van der Waals surface area (Å²) in [5, 5.41) is 0. The Labute approximate surface area is 123 Å². The number of nitrogens with zero attached hydrogens (tertiary/aromatic N) is 4. The van der Waals surface area contributed by atoms with Crippen LogP contribution in [0, 0.1) is 0 Å². The van der Waals surface area contributed by atoms with Crippen LogP contribution in [0.15, 0.2) is 12.3 Å². The van der Waals surface area contributed by atoms with Crippen LogP contribution in [0.2, 0.25) is 0 Å². The number of hydrogen-bond donors (Lipinski definition) is 0. The number of aromatic nitrogens is 2. The highest BCUT2D eigenvalue weighted by molar-refractivity contribution is 5.32. The molecule has 1 aliphatic rings. The van der Waals surface area contributed by atoms with E-state index in [0.717, 1.165) is 44.2 Å². The van der Waals surface area contributed by atoms with Crippen LogP contribution in [0.1, 0.15) is 52.7 Å². The van der Waals surface area contributed by atoms with Gasteiger partial charge in [0.25, 0.3) is 0 Å². The zero-order chi connectivity index (χ0) is 14.8. The summed E-state index contributed by atoms with van der Waals surface area (Å²) in [6.45, 7) is 15.5. The summed E-state index contributed by atoms with van der Waals surface area (Å²) in [7, 11) is 0. The Morgan fingerprint density at radius 3 is 2.40 bits per heavy atom. The SMILES string of the molecule is CCC(C)c1ccnc(N2CCN(C(C)(C)C)CC2)n1. The lowest BCUT2D eigenvalue weighted by Crippen LogP contribution is -2.53. The average Bonchev–Trinajstić information content (AvgIpc) is 2.46. The van der Waals surface area contributed by atoms with Crippen LogP contribution in [0.25, 0.3) is 0 Å². The Morgan fingerprint density at radius 1 is 1.20 bits per heavy atom. The van der Waals surface area contributed by atoms with Crippen molar-refractivity contribution in [3.63, 3.8) is 0 Å². The molecule has 1 unspecified atom stereocenters. The van der Waals surface area contributed by atoms with Crippen molar-refractivity contribution >= 4 is 5.95 Å². The van der Waals surface area contributed by atoms with Crippen molar-refractivity contribution in [1.29, 1.82) is 0 Å². The molecule has 1 aromatic rings. The Bertz CT molecular complexity index is 430. The average molecular weight is 276 g/mol. The molecule has 112 valence electrons. The summed E-state index contributed by atoms with van der Waals surface area (Å²) in [6.07, 6.45) is 3.02. The van der Waals surface area contributed by atoms with Crippen LogP contribution in [-0.2, 0) is 0 Å². The Kier molecular flexibility index (Phi) is 4.63. The molecular weight excluding hydrogens is 248 g/mol. The molecule has 0 radical (unpaired) electrons. The lowest BCUT2D eigenvalue weighted by Gasteiger charge is -2.42. The van der Waals surface area contributed by atoms with Crippen LogP contribution in [0.3, 0.4) is 0 Å². The van der Waals surface area contributed by atoms with E-state index in [-0.39, 0.29) is 5.54 Å². The largest absolute Gasteiger partial charge is 0.338 e. The molecule has 0 bridgehead atoms. The van der Waals surface area contributed by atoms with E-state index in [1.807, 2.05) is 12.3 Å². The number of hydrogen-bond acceptors (Lipinski definition) is 4. The molecule has 0 spiro atoms. The fraction of sp³-hybridized carbons (Fsp3) is 0.750. The summed E-state index contributed by atoms with van der Waals surface area (Å²) in [5.74, 6) is 1.41. The van der Waals surface area contributed by atoms with Crippen molar-refractivity contribution < 1.29 is 0 Å². The van der Waals surface area contributed by atoms with Gasteiger partial charge in [-0.2, -0.15) is 0 Å². The monoisotopic (exact) mass is 276 g/mol. The molecule has 2 rings (SSSR count). The van der Waals surface area contributed by atoms with E-state index < -0.39 is 0 Å². The quantitative estimate of drug-likeness (QED) is 0.849. The van der Waals surface area contributed by atoms with E-state index in [1.54, 1.807) is 0 Å². The molecule has 0 aromatic carbocycles. The maximum atomic E-state index is 4.75. The number of anilines is 1. The van der Waals surface area contributed by atoms with E-state index in [0.29, 0.717) is 5.92 Å². The third-order valence-electron chi connectivity index (χ3n) is 4.29. The van der Waals surface area contributed by atoms with Gasteiger partial charge in [0, 0.05) is 43.6 Å². The van der Waals surface area contributed by atoms with Crippen molar-refractivity contribution in [3.8, 4) is 0 Å². The molecule has 1 aromatic heterocycles. The molecule has 0 N–H and O–H groups in total. The Hall–Kier alpha value is -1.16. The molecule has 1 fully saturated rings. The van der Waals surface area contributed by atoms with E-state index in [4.69, 9.17) is 4.98 Å². The highest BCUT2D eigenvalue weighted by Crippen LogP contribution is 2.21. The minimum atomic E-state index is 0.255. The number of rotatable bonds is 3. The number of piperazine rings is 1. The van der Waals surface area contributed by atoms with Crippen molar-refractivity contribution in [2.24, 2.45) is 0 Å². The van der Waals surface area contributed by atoms with Gasteiger partial charge in [0.2, 0.25) is 5.95 Å². The first-order chi connectivity index (χ1) is 9.41. The third kappa shape index (κ3) is 3.48. The van der Waals surface area contributed by atoms with Crippen LogP contribution < -0.4 is 4.90 Å². The summed E-state index contributed by atoms with van der Waals surface area (Å²) < 4.78 is 0. The molecule has 20 heavy (non-hydrogen) atoms. The van der Waals surface area contributed by atoms with Crippen LogP contribution >= 0.6 is 0 Å². The Balaban J connectivity index is 2.04. The van der Waals surface area contributed by atoms with Crippen molar-refractivity contribution in [2.75, 3.05) is 31.1 Å². The van der Waals surface area contributed by atoms with Gasteiger partial charge in [-0.05, 0) is 39.2 Å². The van der Waals surface area contributed by atoms with Gasteiger partial charge in [-0.1, -0.05) is 13.8 Å². The summed E-state index contributed by atoms with van der Waals surface area (Å²) in [6, 6.07) is 2.04. The van der Waals surface area contributed by atoms with Gasteiger partial charge in [-0.15, -0.1) is 0 Å². The van der Waals surface area contributed by atoms with Gasteiger partial charge in [0.1, 0.15) is 0 Å². The van der Waals surface area contributed by atoms with Gasteiger partial charge in [-0.25, -0.2) is 9.97 Å². The van der Waals surface area contributed by atoms with Gasteiger partial charge in [-0.3, -0.25) is 4.90 Å². The standard InChI is InChI=1S/C16H28N4/c1-6-13(2)14-7-8-17-15(18-14)19-9-11-20(12-10-19)16(3,4)5/h7-8,13H,6,9-12H2,1-5H3.